The molecule has 3 heterocycles. The molecule has 0 aromatic carbocycles. The molecule has 1 N–H and O–H groups in total. The van der Waals surface area contributed by atoms with Crippen LogP contribution in [0.2, 0.25) is 0 Å². The van der Waals surface area contributed by atoms with Crippen molar-refractivity contribution >= 4 is 5.65 Å². The standard InChI is InChI=1S/C13H16N6/c1-18-10-15-12(17-18)5-6-14-8-11-9-19-7-3-2-4-13(19)16-11/h2-4,7,9-10,14H,5-6,8H2,1H3. The van der Waals surface area contributed by atoms with Crippen LogP contribution >= 0.6 is 0 Å². The summed E-state index contributed by atoms with van der Waals surface area (Å²) in [7, 11) is 1.88. The molecule has 0 fully saturated rings. The molecule has 3 aromatic rings. The van der Waals surface area contributed by atoms with E-state index < -0.39 is 0 Å². The zero-order valence-electron chi connectivity index (χ0n) is 10.8. The number of fused-ring (bicyclic) bond motifs is 1. The lowest BCUT2D eigenvalue weighted by atomic mass is 10.4. The summed E-state index contributed by atoms with van der Waals surface area (Å²) in [5.74, 6) is 0.866. The first kappa shape index (κ1) is 11.9. The molecule has 0 atom stereocenters. The van der Waals surface area contributed by atoms with Gasteiger partial charge in [0.1, 0.15) is 12.0 Å². The van der Waals surface area contributed by atoms with Gasteiger partial charge in [0, 0.05) is 39.0 Å². The molecule has 6 heteroatoms. The molecule has 19 heavy (non-hydrogen) atoms. The summed E-state index contributed by atoms with van der Waals surface area (Å²) >= 11 is 0. The lowest BCUT2D eigenvalue weighted by molar-refractivity contribution is 0.654. The van der Waals surface area contributed by atoms with Crippen molar-refractivity contribution in [3.8, 4) is 0 Å². The first-order valence-electron chi connectivity index (χ1n) is 6.29. The number of hydrogen-bond donors (Lipinski definition) is 1. The summed E-state index contributed by atoms with van der Waals surface area (Å²) in [6.45, 7) is 1.60. The second-order valence-electron chi connectivity index (χ2n) is 4.46. The zero-order chi connectivity index (χ0) is 13.1. The summed E-state index contributed by atoms with van der Waals surface area (Å²) in [5.41, 5.74) is 2.02. The Morgan fingerprint density at radius 2 is 2.26 bits per heavy atom. The van der Waals surface area contributed by atoms with E-state index in [0.29, 0.717) is 0 Å². The van der Waals surface area contributed by atoms with Crippen molar-refractivity contribution in [3.63, 3.8) is 0 Å². The average Bonchev–Trinajstić information content (AvgIpc) is 3.00. The Balaban J connectivity index is 1.52. The Labute approximate surface area is 111 Å². The molecular weight excluding hydrogens is 240 g/mol. The monoisotopic (exact) mass is 256 g/mol. The molecule has 0 aliphatic rings. The zero-order valence-corrected chi connectivity index (χ0v) is 10.8. The fourth-order valence-electron chi connectivity index (χ4n) is 1.99. The number of aromatic nitrogens is 5. The van der Waals surface area contributed by atoms with Crippen molar-refractivity contribution in [2.75, 3.05) is 6.54 Å². The molecule has 0 saturated heterocycles. The van der Waals surface area contributed by atoms with E-state index in [1.807, 2.05) is 42.0 Å². The first-order valence-corrected chi connectivity index (χ1v) is 6.29. The fourth-order valence-corrected chi connectivity index (χ4v) is 1.99. The van der Waals surface area contributed by atoms with Gasteiger partial charge < -0.3 is 9.72 Å². The van der Waals surface area contributed by atoms with Gasteiger partial charge >= 0.3 is 0 Å². The Hall–Kier alpha value is -2.21. The van der Waals surface area contributed by atoms with Gasteiger partial charge in [-0.1, -0.05) is 6.07 Å². The van der Waals surface area contributed by atoms with E-state index in [-0.39, 0.29) is 0 Å². The predicted octanol–water partition coefficient (Wildman–Crippen LogP) is 0.795. The summed E-state index contributed by atoms with van der Waals surface area (Å²) in [6, 6.07) is 5.99. The normalized spacial score (nSPS) is 11.2. The molecule has 98 valence electrons. The minimum Gasteiger partial charge on any atom is -0.311 e. The van der Waals surface area contributed by atoms with E-state index in [1.165, 1.54) is 0 Å². The average molecular weight is 256 g/mol. The van der Waals surface area contributed by atoms with Crippen LogP contribution in [0.3, 0.4) is 0 Å². The van der Waals surface area contributed by atoms with Gasteiger partial charge in [-0.3, -0.25) is 4.68 Å². The maximum Gasteiger partial charge on any atom is 0.151 e. The topological polar surface area (TPSA) is 60.0 Å². The van der Waals surface area contributed by atoms with Gasteiger partial charge in [-0.25, -0.2) is 9.97 Å². The van der Waals surface area contributed by atoms with Crippen LogP contribution in [0, 0.1) is 0 Å². The Morgan fingerprint density at radius 1 is 1.32 bits per heavy atom. The molecule has 0 spiro atoms. The molecule has 0 amide bonds. The van der Waals surface area contributed by atoms with Crippen LogP contribution in [-0.4, -0.2) is 30.7 Å². The van der Waals surface area contributed by atoms with Crippen molar-refractivity contribution in [1.29, 1.82) is 0 Å². The van der Waals surface area contributed by atoms with Gasteiger partial charge in [-0.2, -0.15) is 5.10 Å². The Bertz CT molecular complexity index is 635. The fraction of sp³-hybridized carbons (Fsp3) is 0.308. The van der Waals surface area contributed by atoms with Gasteiger partial charge in [0.25, 0.3) is 0 Å². The summed E-state index contributed by atoms with van der Waals surface area (Å²) in [6.07, 6.45) is 6.59. The molecule has 0 aliphatic carbocycles. The highest BCUT2D eigenvalue weighted by Gasteiger charge is 2.01. The van der Waals surface area contributed by atoms with E-state index in [9.17, 15) is 0 Å². The van der Waals surface area contributed by atoms with Gasteiger partial charge in [0.15, 0.2) is 5.82 Å². The van der Waals surface area contributed by atoms with Crippen molar-refractivity contribution < 1.29 is 0 Å². The molecule has 6 nitrogen and oxygen atoms in total. The number of nitrogens with zero attached hydrogens (tertiary/aromatic N) is 5. The number of pyridine rings is 1. The first-order chi connectivity index (χ1) is 9.31. The molecule has 0 aliphatic heterocycles. The number of imidazole rings is 1. The number of rotatable bonds is 5. The van der Waals surface area contributed by atoms with Crippen LogP contribution in [0.5, 0.6) is 0 Å². The highest BCUT2D eigenvalue weighted by molar-refractivity contribution is 5.39. The predicted molar refractivity (Wildman–Crippen MR) is 71.6 cm³/mol. The molecule has 0 bridgehead atoms. The van der Waals surface area contributed by atoms with Crippen molar-refractivity contribution in [2.24, 2.45) is 7.05 Å². The number of nitrogens with one attached hydrogen (secondary N) is 1. The summed E-state index contributed by atoms with van der Waals surface area (Å²) in [5, 5.41) is 7.59. The summed E-state index contributed by atoms with van der Waals surface area (Å²) < 4.78 is 3.74. The van der Waals surface area contributed by atoms with Crippen LogP contribution < -0.4 is 5.32 Å². The molecule has 0 unspecified atom stereocenters. The van der Waals surface area contributed by atoms with E-state index in [2.05, 4.69) is 20.4 Å². The minimum absolute atomic E-state index is 0.758. The SMILES string of the molecule is Cn1cnc(CCNCc2cn3ccccc3n2)n1. The van der Waals surface area contributed by atoms with Gasteiger partial charge in [-0.15, -0.1) is 0 Å². The Morgan fingerprint density at radius 3 is 3.05 bits per heavy atom. The van der Waals surface area contributed by atoms with Crippen LogP contribution in [-0.2, 0) is 20.0 Å². The quantitative estimate of drug-likeness (QED) is 0.686. The van der Waals surface area contributed by atoms with Gasteiger partial charge in [0.2, 0.25) is 0 Å². The van der Waals surface area contributed by atoms with Crippen LogP contribution in [0.4, 0.5) is 0 Å². The van der Waals surface area contributed by atoms with Crippen LogP contribution in [0.1, 0.15) is 11.5 Å². The Kier molecular flexibility index (Phi) is 3.24. The van der Waals surface area contributed by atoms with E-state index in [4.69, 9.17) is 0 Å². The number of aryl methyl sites for hydroxylation is 1. The molecule has 3 aromatic heterocycles. The van der Waals surface area contributed by atoms with Crippen molar-refractivity contribution in [1.82, 2.24) is 29.5 Å². The second kappa shape index (κ2) is 5.19. The second-order valence-corrected chi connectivity index (χ2v) is 4.46. The molecule has 3 rings (SSSR count). The van der Waals surface area contributed by atoms with Gasteiger partial charge in [-0.05, 0) is 12.1 Å². The minimum atomic E-state index is 0.758. The third kappa shape index (κ3) is 2.79. The maximum absolute atomic E-state index is 4.53. The van der Waals surface area contributed by atoms with E-state index >= 15 is 0 Å². The lowest BCUT2D eigenvalue weighted by Gasteiger charge is -1.99. The van der Waals surface area contributed by atoms with Gasteiger partial charge in [0.05, 0.1) is 5.69 Å². The number of hydrogen-bond acceptors (Lipinski definition) is 4. The maximum atomic E-state index is 4.53. The third-order valence-electron chi connectivity index (χ3n) is 2.89. The lowest BCUT2D eigenvalue weighted by Crippen LogP contribution is -2.17. The van der Waals surface area contributed by atoms with Crippen molar-refractivity contribution in [3.05, 3.63) is 48.4 Å². The highest BCUT2D eigenvalue weighted by Crippen LogP contribution is 2.03. The van der Waals surface area contributed by atoms with Crippen LogP contribution in [0.25, 0.3) is 5.65 Å². The summed E-state index contributed by atoms with van der Waals surface area (Å²) in [4.78, 5) is 8.71. The van der Waals surface area contributed by atoms with E-state index in [1.54, 1.807) is 11.0 Å². The molecular formula is C13H16N6. The van der Waals surface area contributed by atoms with Crippen LogP contribution in [0.15, 0.2) is 36.9 Å². The largest absolute Gasteiger partial charge is 0.311 e. The van der Waals surface area contributed by atoms with Crippen molar-refractivity contribution in [2.45, 2.75) is 13.0 Å². The molecule has 0 saturated carbocycles. The smallest absolute Gasteiger partial charge is 0.151 e. The highest BCUT2D eigenvalue weighted by atomic mass is 15.3. The van der Waals surface area contributed by atoms with E-state index in [0.717, 1.165) is 36.7 Å². The molecule has 0 radical (unpaired) electrons. The third-order valence-corrected chi connectivity index (χ3v) is 2.89.